The minimum Gasteiger partial charge on any atom is -0.515 e. The number of benzene rings is 2. The summed E-state index contributed by atoms with van der Waals surface area (Å²) >= 11 is 0. The van der Waals surface area contributed by atoms with Crippen LogP contribution in [0.1, 0.15) is 42.6 Å². The number of halogens is 1. The predicted octanol–water partition coefficient (Wildman–Crippen LogP) is 5.33. The van der Waals surface area contributed by atoms with Crippen LogP contribution in [0.2, 0.25) is 0 Å². The predicted molar refractivity (Wildman–Crippen MR) is 156 cm³/mol. The first kappa shape index (κ1) is 26.6. The van der Waals surface area contributed by atoms with Gasteiger partial charge >= 0.3 is 5.69 Å². The van der Waals surface area contributed by atoms with Crippen molar-refractivity contribution in [2.45, 2.75) is 32.7 Å². The number of aliphatic hydroxyl groups is 1. The van der Waals surface area contributed by atoms with Crippen LogP contribution in [-0.2, 0) is 0 Å². The van der Waals surface area contributed by atoms with Gasteiger partial charge in [0.25, 0.3) is 5.56 Å². The van der Waals surface area contributed by atoms with E-state index in [9.17, 15) is 19.1 Å². The molecule has 0 spiro atoms. The van der Waals surface area contributed by atoms with Crippen molar-refractivity contribution < 1.29 is 9.50 Å². The minimum absolute atomic E-state index is 0.0415. The second-order valence-corrected chi connectivity index (χ2v) is 9.63. The van der Waals surface area contributed by atoms with E-state index in [1.807, 2.05) is 24.3 Å². The van der Waals surface area contributed by atoms with Crippen molar-refractivity contribution in [3.63, 3.8) is 0 Å². The van der Waals surface area contributed by atoms with Gasteiger partial charge < -0.3 is 15.7 Å². The molecule has 1 fully saturated rings. The van der Waals surface area contributed by atoms with Crippen molar-refractivity contribution in [1.82, 2.24) is 14.1 Å². The number of aryl methyl sites for hydroxylation is 1. The zero-order chi connectivity index (χ0) is 28.4. The highest BCUT2D eigenvalue weighted by molar-refractivity contribution is 6.10. The maximum absolute atomic E-state index is 14.8. The van der Waals surface area contributed by atoms with Gasteiger partial charge in [0.15, 0.2) is 0 Å². The highest BCUT2D eigenvalue weighted by atomic mass is 19.1. The molecule has 1 aliphatic carbocycles. The fourth-order valence-electron chi connectivity index (χ4n) is 4.55. The van der Waals surface area contributed by atoms with Gasteiger partial charge in [0.05, 0.1) is 23.3 Å². The molecular formula is C30H29FN6O3. The molecular weight excluding hydrogens is 511 g/mol. The van der Waals surface area contributed by atoms with Crippen LogP contribution in [0.4, 0.5) is 21.6 Å². The quantitative estimate of drug-likeness (QED) is 0.166. The molecule has 0 radical (unpaired) electrons. The molecule has 3 N–H and O–H groups in total. The van der Waals surface area contributed by atoms with Gasteiger partial charge in [-0.1, -0.05) is 18.2 Å². The average Bonchev–Trinajstić information content (AvgIpc) is 3.78. The molecule has 2 heterocycles. The molecule has 2 aromatic carbocycles. The zero-order valence-electron chi connectivity index (χ0n) is 22.4. The third-order valence-electron chi connectivity index (χ3n) is 6.65. The van der Waals surface area contributed by atoms with Gasteiger partial charge in [-0.15, -0.1) is 0 Å². The number of amidine groups is 1. The lowest BCUT2D eigenvalue weighted by Crippen LogP contribution is -2.44. The smallest absolute Gasteiger partial charge is 0.336 e. The molecule has 1 saturated carbocycles. The number of aliphatic imine (C=N–C) groups is 1. The van der Waals surface area contributed by atoms with Crippen LogP contribution in [0, 0.1) is 12.7 Å². The molecule has 0 amide bonds. The van der Waals surface area contributed by atoms with Gasteiger partial charge in [0.1, 0.15) is 23.0 Å². The summed E-state index contributed by atoms with van der Waals surface area (Å²) in [6.45, 7) is 3.36. The highest BCUT2D eigenvalue weighted by Crippen LogP contribution is 2.33. The van der Waals surface area contributed by atoms with Crippen molar-refractivity contribution >= 4 is 28.6 Å². The number of hydrogen-bond acceptors (Lipinski definition) is 6. The van der Waals surface area contributed by atoms with E-state index in [-0.39, 0.29) is 34.4 Å². The number of anilines is 3. The minimum atomic E-state index is -0.566. The van der Waals surface area contributed by atoms with Crippen molar-refractivity contribution in [2.75, 3.05) is 17.7 Å². The lowest BCUT2D eigenvalue weighted by Gasteiger charge is -2.21. The first-order valence-corrected chi connectivity index (χ1v) is 12.8. The molecule has 0 unspecified atom stereocenters. The monoisotopic (exact) mass is 540 g/mol. The van der Waals surface area contributed by atoms with E-state index in [0.717, 1.165) is 11.8 Å². The van der Waals surface area contributed by atoms with E-state index >= 15 is 0 Å². The largest absolute Gasteiger partial charge is 0.515 e. The molecule has 2 aromatic heterocycles. The number of rotatable bonds is 7. The Morgan fingerprint density at radius 3 is 2.58 bits per heavy atom. The first-order valence-electron chi connectivity index (χ1n) is 12.8. The number of nitrogens with one attached hydrogen (secondary N) is 2. The summed E-state index contributed by atoms with van der Waals surface area (Å²) in [5, 5.41) is 16.3. The Hall–Kier alpha value is -4.99. The molecule has 9 nitrogen and oxygen atoms in total. The Balaban J connectivity index is 1.75. The lowest BCUT2D eigenvalue weighted by molar-refractivity contribution is 0.474. The Morgan fingerprint density at radius 1 is 1.12 bits per heavy atom. The molecule has 4 aromatic rings. The molecule has 0 aliphatic heterocycles. The van der Waals surface area contributed by atoms with E-state index in [4.69, 9.17) is 0 Å². The van der Waals surface area contributed by atoms with E-state index < -0.39 is 17.1 Å². The summed E-state index contributed by atoms with van der Waals surface area (Å²) in [7, 11) is 1.48. The molecule has 0 saturated heterocycles. The van der Waals surface area contributed by atoms with Crippen LogP contribution in [0.25, 0.3) is 11.3 Å². The van der Waals surface area contributed by atoms with Crippen LogP contribution in [0.15, 0.2) is 87.7 Å². The van der Waals surface area contributed by atoms with Crippen LogP contribution in [-0.4, -0.2) is 32.1 Å². The number of aliphatic hydroxyl groups excluding tert-OH is 1. The van der Waals surface area contributed by atoms with Gasteiger partial charge in [-0.2, -0.15) is 0 Å². The van der Waals surface area contributed by atoms with Crippen LogP contribution >= 0.6 is 0 Å². The average molecular weight is 541 g/mol. The first-order chi connectivity index (χ1) is 19.3. The maximum atomic E-state index is 14.8. The number of aromatic nitrogens is 3. The molecule has 1 aliphatic rings. The summed E-state index contributed by atoms with van der Waals surface area (Å²) in [5.41, 5.74) is 1.31. The standard InChI is InChI=1S/C30H29FN6O3/c1-18-10-13-24(23(31)15-18)35-28(32-3)26-27(19(2)17-38)36(30(40)37(29(26)39)21-11-12-21)22-8-6-7-20(16-22)34-25-9-4-5-14-33-25/h4-10,13-17,21,38H,11-12H2,1-3H3,(H,32,35)(H,33,34). The van der Waals surface area contributed by atoms with E-state index in [0.29, 0.717) is 30.0 Å². The van der Waals surface area contributed by atoms with Crippen molar-refractivity contribution in [3.8, 4) is 5.69 Å². The molecule has 5 rings (SSSR count). The Labute approximate surface area is 230 Å². The van der Waals surface area contributed by atoms with Crippen molar-refractivity contribution in [1.29, 1.82) is 0 Å². The van der Waals surface area contributed by atoms with Gasteiger partial charge in [-0.05, 0) is 74.7 Å². The second-order valence-electron chi connectivity index (χ2n) is 9.63. The molecule has 0 atom stereocenters. The topological polar surface area (TPSA) is 114 Å². The summed E-state index contributed by atoms with van der Waals surface area (Å²) < 4.78 is 17.4. The third-order valence-corrected chi connectivity index (χ3v) is 6.65. The molecule has 10 heteroatoms. The zero-order valence-corrected chi connectivity index (χ0v) is 22.4. The molecule has 40 heavy (non-hydrogen) atoms. The summed E-state index contributed by atoms with van der Waals surface area (Å²) in [4.78, 5) is 36.5. The number of nitrogens with zero attached hydrogens (tertiary/aromatic N) is 4. The van der Waals surface area contributed by atoms with Crippen LogP contribution in [0.5, 0.6) is 0 Å². The third kappa shape index (κ3) is 5.15. The molecule has 204 valence electrons. The Morgan fingerprint density at radius 2 is 1.93 bits per heavy atom. The second kappa shape index (κ2) is 11.0. The summed E-state index contributed by atoms with van der Waals surface area (Å²) in [5.74, 6) is 0.170. The summed E-state index contributed by atoms with van der Waals surface area (Å²) in [6, 6.07) is 17.0. The highest BCUT2D eigenvalue weighted by Gasteiger charge is 2.33. The number of hydrogen-bond donors (Lipinski definition) is 3. The maximum Gasteiger partial charge on any atom is 0.336 e. The normalized spacial score (nSPS) is 13.8. The van der Waals surface area contributed by atoms with Gasteiger partial charge in [0.2, 0.25) is 0 Å². The Bertz CT molecular complexity index is 1750. The lowest BCUT2D eigenvalue weighted by atomic mass is 10.1. The van der Waals surface area contributed by atoms with Gasteiger partial charge in [-0.25, -0.2) is 14.2 Å². The summed E-state index contributed by atoms with van der Waals surface area (Å²) in [6.07, 6.45) is 3.87. The van der Waals surface area contributed by atoms with E-state index in [1.165, 1.54) is 22.2 Å². The number of pyridine rings is 1. The Kier molecular flexibility index (Phi) is 7.33. The van der Waals surface area contributed by atoms with E-state index in [1.54, 1.807) is 50.4 Å². The molecule has 0 bridgehead atoms. The van der Waals surface area contributed by atoms with Crippen LogP contribution in [0.3, 0.4) is 0 Å². The van der Waals surface area contributed by atoms with Gasteiger partial charge in [0, 0.05) is 30.5 Å². The SMILES string of the molecule is CN=C(Nc1ccc(C)cc1F)c1c(C(C)=CO)n(-c2cccc(Nc3ccccn3)c2)c(=O)n(C2CC2)c1=O. The van der Waals surface area contributed by atoms with Gasteiger partial charge in [-0.3, -0.25) is 18.9 Å². The van der Waals surface area contributed by atoms with E-state index in [2.05, 4.69) is 20.6 Å². The number of allylic oxidation sites excluding steroid dienone is 1. The fourth-order valence-corrected chi connectivity index (χ4v) is 4.55. The van der Waals surface area contributed by atoms with Crippen molar-refractivity contribution in [3.05, 3.63) is 117 Å². The van der Waals surface area contributed by atoms with Crippen molar-refractivity contribution in [2.24, 2.45) is 4.99 Å². The fraction of sp³-hybridized carbons (Fsp3) is 0.200. The van der Waals surface area contributed by atoms with Crippen LogP contribution < -0.4 is 21.9 Å².